The molecule has 20 heavy (non-hydrogen) atoms. The standard InChI is InChI=1S/C14H24N2O4/c1-9(2)16-8-11(7-12(16)17)14(20)15-10(3)5-4-6-13(18)19/h9-11H,4-8H2,1-3H3,(H,15,20)(H,18,19). The highest BCUT2D eigenvalue weighted by atomic mass is 16.4. The van der Waals surface area contributed by atoms with Crippen molar-refractivity contribution >= 4 is 17.8 Å². The maximum atomic E-state index is 12.1. The van der Waals surface area contributed by atoms with E-state index in [4.69, 9.17) is 5.11 Å². The zero-order valence-corrected chi connectivity index (χ0v) is 12.4. The van der Waals surface area contributed by atoms with Crippen LogP contribution in [0.2, 0.25) is 0 Å². The molecular formula is C14H24N2O4. The van der Waals surface area contributed by atoms with Gasteiger partial charge in [-0.3, -0.25) is 14.4 Å². The van der Waals surface area contributed by atoms with E-state index in [0.29, 0.717) is 19.4 Å². The van der Waals surface area contributed by atoms with Crippen molar-refractivity contribution < 1.29 is 19.5 Å². The van der Waals surface area contributed by atoms with Gasteiger partial charge in [0.15, 0.2) is 0 Å². The zero-order chi connectivity index (χ0) is 15.3. The van der Waals surface area contributed by atoms with Crippen molar-refractivity contribution in [2.24, 2.45) is 5.92 Å². The molecule has 1 fully saturated rings. The highest BCUT2D eigenvalue weighted by Gasteiger charge is 2.35. The summed E-state index contributed by atoms with van der Waals surface area (Å²) in [7, 11) is 0. The van der Waals surface area contributed by atoms with Crippen molar-refractivity contribution in [2.45, 2.75) is 58.5 Å². The van der Waals surface area contributed by atoms with E-state index in [0.717, 1.165) is 0 Å². The molecule has 0 radical (unpaired) electrons. The maximum absolute atomic E-state index is 12.1. The van der Waals surface area contributed by atoms with Gasteiger partial charge in [-0.25, -0.2) is 0 Å². The molecule has 0 saturated carbocycles. The summed E-state index contributed by atoms with van der Waals surface area (Å²) in [6, 6.07) is 0.0540. The van der Waals surface area contributed by atoms with Gasteiger partial charge in [0, 0.05) is 31.5 Å². The summed E-state index contributed by atoms with van der Waals surface area (Å²) >= 11 is 0. The summed E-state index contributed by atoms with van der Waals surface area (Å²) in [6.07, 6.45) is 1.56. The lowest BCUT2D eigenvalue weighted by atomic mass is 10.1. The van der Waals surface area contributed by atoms with Crippen molar-refractivity contribution in [3.63, 3.8) is 0 Å². The third-order valence-electron chi connectivity index (χ3n) is 3.57. The molecule has 2 unspecified atom stereocenters. The summed E-state index contributed by atoms with van der Waals surface area (Å²) in [6.45, 7) is 6.21. The number of carbonyl (C=O) groups is 3. The number of amides is 2. The van der Waals surface area contributed by atoms with Crippen molar-refractivity contribution in [1.29, 1.82) is 0 Å². The minimum Gasteiger partial charge on any atom is -0.481 e. The van der Waals surface area contributed by atoms with E-state index in [2.05, 4.69) is 5.32 Å². The van der Waals surface area contributed by atoms with Gasteiger partial charge >= 0.3 is 5.97 Å². The van der Waals surface area contributed by atoms with Crippen molar-refractivity contribution in [3.05, 3.63) is 0 Å². The molecular weight excluding hydrogens is 260 g/mol. The van der Waals surface area contributed by atoms with Crippen LogP contribution >= 0.6 is 0 Å². The second-order valence-corrected chi connectivity index (χ2v) is 5.74. The van der Waals surface area contributed by atoms with E-state index in [1.807, 2.05) is 20.8 Å². The van der Waals surface area contributed by atoms with Gasteiger partial charge in [-0.15, -0.1) is 0 Å². The van der Waals surface area contributed by atoms with E-state index >= 15 is 0 Å². The minimum atomic E-state index is -0.822. The predicted octanol–water partition coefficient (Wildman–Crippen LogP) is 1.00. The Bertz CT molecular complexity index is 381. The average Bonchev–Trinajstić information content (AvgIpc) is 2.70. The number of hydrogen-bond donors (Lipinski definition) is 2. The van der Waals surface area contributed by atoms with Gasteiger partial charge in [0.25, 0.3) is 0 Å². The Balaban J connectivity index is 2.36. The molecule has 0 aromatic rings. The molecule has 1 heterocycles. The Morgan fingerprint density at radius 2 is 2.05 bits per heavy atom. The summed E-state index contributed by atoms with van der Waals surface area (Å²) in [4.78, 5) is 35.9. The first kappa shape index (κ1) is 16.5. The number of nitrogens with one attached hydrogen (secondary N) is 1. The van der Waals surface area contributed by atoms with Crippen molar-refractivity contribution in [3.8, 4) is 0 Å². The molecule has 0 aromatic heterocycles. The summed E-state index contributed by atoms with van der Waals surface area (Å²) in [5.41, 5.74) is 0. The Morgan fingerprint density at radius 3 is 2.55 bits per heavy atom. The minimum absolute atomic E-state index is 0.0266. The molecule has 6 nitrogen and oxygen atoms in total. The number of aliphatic carboxylic acids is 1. The number of hydrogen-bond acceptors (Lipinski definition) is 3. The van der Waals surface area contributed by atoms with E-state index < -0.39 is 5.97 Å². The van der Waals surface area contributed by atoms with Crippen LogP contribution < -0.4 is 5.32 Å². The fourth-order valence-electron chi connectivity index (χ4n) is 2.40. The van der Waals surface area contributed by atoms with Gasteiger partial charge in [0.2, 0.25) is 11.8 Å². The summed E-state index contributed by atoms with van der Waals surface area (Å²) < 4.78 is 0. The first-order chi connectivity index (χ1) is 9.31. The zero-order valence-electron chi connectivity index (χ0n) is 12.4. The Morgan fingerprint density at radius 1 is 1.40 bits per heavy atom. The molecule has 114 valence electrons. The molecule has 0 aromatic carbocycles. The molecule has 2 amide bonds. The molecule has 6 heteroatoms. The van der Waals surface area contributed by atoms with Crippen LogP contribution in [0.15, 0.2) is 0 Å². The van der Waals surface area contributed by atoms with Gasteiger partial charge in [-0.05, 0) is 33.6 Å². The lowest BCUT2D eigenvalue weighted by molar-refractivity contribution is -0.137. The van der Waals surface area contributed by atoms with Gasteiger partial charge < -0.3 is 15.3 Å². The Labute approximate surface area is 119 Å². The van der Waals surface area contributed by atoms with E-state index in [1.54, 1.807) is 4.90 Å². The van der Waals surface area contributed by atoms with Crippen LogP contribution in [0.1, 0.15) is 46.5 Å². The van der Waals surface area contributed by atoms with Crippen LogP contribution in [0, 0.1) is 5.92 Å². The van der Waals surface area contributed by atoms with Crippen molar-refractivity contribution in [1.82, 2.24) is 10.2 Å². The van der Waals surface area contributed by atoms with Gasteiger partial charge in [0.05, 0.1) is 5.92 Å². The second kappa shape index (κ2) is 7.26. The normalized spacial score (nSPS) is 20.3. The Hall–Kier alpha value is -1.59. The molecule has 2 N–H and O–H groups in total. The van der Waals surface area contributed by atoms with Crippen LogP contribution in [0.25, 0.3) is 0 Å². The Kier molecular flexibility index (Phi) is 5.98. The topological polar surface area (TPSA) is 86.7 Å². The molecule has 0 spiro atoms. The number of carboxylic acids is 1. The van der Waals surface area contributed by atoms with E-state index in [-0.39, 0.29) is 42.7 Å². The first-order valence-electron chi connectivity index (χ1n) is 7.13. The van der Waals surface area contributed by atoms with Gasteiger partial charge in [0.1, 0.15) is 0 Å². The molecule has 0 aliphatic carbocycles. The smallest absolute Gasteiger partial charge is 0.303 e. The second-order valence-electron chi connectivity index (χ2n) is 5.74. The molecule has 1 rings (SSSR count). The largest absolute Gasteiger partial charge is 0.481 e. The highest BCUT2D eigenvalue weighted by molar-refractivity contribution is 5.89. The first-order valence-corrected chi connectivity index (χ1v) is 7.13. The van der Waals surface area contributed by atoms with Crippen LogP contribution in [0.4, 0.5) is 0 Å². The monoisotopic (exact) mass is 284 g/mol. The van der Waals surface area contributed by atoms with E-state index in [9.17, 15) is 14.4 Å². The lowest BCUT2D eigenvalue weighted by Gasteiger charge is -2.21. The van der Waals surface area contributed by atoms with Gasteiger partial charge in [-0.1, -0.05) is 0 Å². The molecule has 2 atom stereocenters. The quantitative estimate of drug-likeness (QED) is 0.730. The molecule has 0 bridgehead atoms. The fraction of sp³-hybridized carbons (Fsp3) is 0.786. The fourth-order valence-corrected chi connectivity index (χ4v) is 2.40. The number of carbonyl (C=O) groups excluding carboxylic acids is 2. The summed E-state index contributed by atoms with van der Waals surface area (Å²) in [5.74, 6) is -1.19. The number of likely N-dealkylation sites (tertiary alicyclic amines) is 1. The number of nitrogens with zero attached hydrogens (tertiary/aromatic N) is 1. The van der Waals surface area contributed by atoms with Crippen LogP contribution in [-0.4, -0.2) is 46.4 Å². The molecule has 1 saturated heterocycles. The predicted molar refractivity (Wildman–Crippen MR) is 74.0 cm³/mol. The third-order valence-corrected chi connectivity index (χ3v) is 3.57. The van der Waals surface area contributed by atoms with E-state index in [1.165, 1.54) is 0 Å². The maximum Gasteiger partial charge on any atom is 0.303 e. The van der Waals surface area contributed by atoms with Crippen molar-refractivity contribution in [2.75, 3.05) is 6.54 Å². The van der Waals surface area contributed by atoms with Crippen LogP contribution in [0.3, 0.4) is 0 Å². The number of carboxylic acid groups (broad SMARTS) is 1. The van der Waals surface area contributed by atoms with Crippen LogP contribution in [0.5, 0.6) is 0 Å². The van der Waals surface area contributed by atoms with Crippen LogP contribution in [-0.2, 0) is 14.4 Å². The number of rotatable bonds is 7. The van der Waals surface area contributed by atoms with Gasteiger partial charge in [-0.2, -0.15) is 0 Å². The average molecular weight is 284 g/mol. The summed E-state index contributed by atoms with van der Waals surface area (Å²) in [5, 5.41) is 11.4. The highest BCUT2D eigenvalue weighted by Crippen LogP contribution is 2.20. The molecule has 1 aliphatic rings. The molecule has 1 aliphatic heterocycles. The lowest BCUT2D eigenvalue weighted by Crippen LogP contribution is -2.39. The SMILES string of the molecule is CC(CCCC(=O)O)NC(=O)C1CC(=O)N(C(C)C)C1. The third kappa shape index (κ3) is 4.83.